The second-order valence-electron chi connectivity index (χ2n) is 4.77. The molecule has 0 N–H and O–H groups in total. The quantitative estimate of drug-likeness (QED) is 0.574. The van der Waals surface area contributed by atoms with E-state index >= 15 is 0 Å². The second kappa shape index (κ2) is 2.80. The van der Waals surface area contributed by atoms with E-state index < -0.39 is 0 Å². The van der Waals surface area contributed by atoms with Gasteiger partial charge in [0.25, 0.3) is 0 Å². The third-order valence-corrected chi connectivity index (χ3v) is 3.84. The van der Waals surface area contributed by atoms with Crippen LogP contribution in [0.5, 0.6) is 0 Å². The Morgan fingerprint density at radius 3 is 2.00 bits per heavy atom. The van der Waals surface area contributed by atoms with E-state index in [2.05, 4.69) is 27.7 Å². The first kappa shape index (κ1) is 9.09. The zero-order valence-corrected chi connectivity index (χ0v) is 8.54. The molecule has 1 fully saturated rings. The minimum atomic E-state index is 0.608. The molecule has 0 aromatic carbocycles. The zero-order valence-electron chi connectivity index (χ0n) is 8.54. The lowest BCUT2D eigenvalue weighted by Crippen LogP contribution is -2.24. The molecule has 11 heavy (non-hydrogen) atoms. The van der Waals surface area contributed by atoms with Crippen LogP contribution in [-0.2, 0) is 0 Å². The van der Waals surface area contributed by atoms with E-state index in [4.69, 9.17) is 0 Å². The first-order valence-corrected chi connectivity index (χ1v) is 5.08. The highest BCUT2D eigenvalue weighted by Gasteiger charge is 2.51. The lowest BCUT2D eigenvalue weighted by atomic mass is 9.71. The van der Waals surface area contributed by atoms with Crippen molar-refractivity contribution in [3.05, 3.63) is 0 Å². The molecule has 1 aliphatic rings. The molecule has 0 amide bonds. The maximum absolute atomic E-state index is 2.45. The second-order valence-corrected chi connectivity index (χ2v) is 4.77. The summed E-state index contributed by atoms with van der Waals surface area (Å²) < 4.78 is 0. The zero-order chi connectivity index (χ0) is 8.54. The monoisotopic (exact) mass is 154 g/mol. The fraction of sp³-hybridized carbons (Fsp3) is 1.00. The Kier molecular flexibility index (Phi) is 2.32. The summed E-state index contributed by atoms with van der Waals surface area (Å²) in [5.41, 5.74) is 1.35. The van der Waals surface area contributed by atoms with E-state index in [1.807, 2.05) is 0 Å². The average molecular weight is 154 g/mol. The van der Waals surface area contributed by atoms with Gasteiger partial charge in [-0.1, -0.05) is 34.1 Å². The first-order chi connectivity index (χ1) is 5.08. The Morgan fingerprint density at radius 2 is 1.73 bits per heavy atom. The molecular weight excluding hydrogens is 132 g/mol. The molecule has 66 valence electrons. The largest absolute Gasteiger partial charge is 0.0654 e. The minimum absolute atomic E-state index is 0.608. The molecule has 0 unspecified atom stereocenters. The van der Waals surface area contributed by atoms with Gasteiger partial charge in [0.2, 0.25) is 0 Å². The SMILES string of the molecule is CCCC(C)(C)C1(CC)CC1. The molecule has 0 radical (unpaired) electrons. The molecule has 0 bridgehead atoms. The summed E-state index contributed by atoms with van der Waals surface area (Å²) in [7, 11) is 0. The van der Waals surface area contributed by atoms with Crippen molar-refractivity contribution in [1.82, 2.24) is 0 Å². The molecule has 1 saturated carbocycles. The van der Waals surface area contributed by atoms with Crippen molar-refractivity contribution in [2.24, 2.45) is 10.8 Å². The van der Waals surface area contributed by atoms with E-state index in [0.29, 0.717) is 5.41 Å². The Balaban J connectivity index is 2.56. The molecule has 1 aliphatic carbocycles. The molecule has 0 heterocycles. The summed E-state index contributed by atoms with van der Waals surface area (Å²) in [4.78, 5) is 0. The van der Waals surface area contributed by atoms with Gasteiger partial charge in [0.15, 0.2) is 0 Å². The molecule has 0 heteroatoms. The highest BCUT2D eigenvalue weighted by atomic mass is 14.6. The van der Waals surface area contributed by atoms with Crippen molar-refractivity contribution >= 4 is 0 Å². The third kappa shape index (κ3) is 1.45. The molecular formula is C11H22. The van der Waals surface area contributed by atoms with Gasteiger partial charge in [0, 0.05) is 0 Å². The van der Waals surface area contributed by atoms with Crippen molar-refractivity contribution in [3.63, 3.8) is 0 Å². The van der Waals surface area contributed by atoms with E-state index in [-0.39, 0.29) is 0 Å². The van der Waals surface area contributed by atoms with Crippen LogP contribution in [0.25, 0.3) is 0 Å². The van der Waals surface area contributed by atoms with Gasteiger partial charge >= 0.3 is 0 Å². The van der Waals surface area contributed by atoms with Crippen LogP contribution in [0.15, 0.2) is 0 Å². The maximum Gasteiger partial charge on any atom is -0.0248 e. The normalized spacial score (nSPS) is 21.8. The van der Waals surface area contributed by atoms with Gasteiger partial charge in [0.1, 0.15) is 0 Å². The summed E-state index contributed by atoms with van der Waals surface area (Å²) in [6, 6.07) is 0. The van der Waals surface area contributed by atoms with Crippen LogP contribution in [0, 0.1) is 10.8 Å². The van der Waals surface area contributed by atoms with Crippen LogP contribution in [0.1, 0.15) is 59.8 Å². The topological polar surface area (TPSA) is 0 Å². The van der Waals surface area contributed by atoms with Crippen LogP contribution in [-0.4, -0.2) is 0 Å². The summed E-state index contributed by atoms with van der Waals surface area (Å²) in [5, 5.41) is 0. The van der Waals surface area contributed by atoms with E-state index in [9.17, 15) is 0 Å². The van der Waals surface area contributed by atoms with Crippen molar-refractivity contribution in [3.8, 4) is 0 Å². The smallest absolute Gasteiger partial charge is 0.0248 e. The van der Waals surface area contributed by atoms with Gasteiger partial charge in [-0.25, -0.2) is 0 Å². The maximum atomic E-state index is 2.45. The van der Waals surface area contributed by atoms with Crippen LogP contribution >= 0.6 is 0 Å². The molecule has 0 aliphatic heterocycles. The van der Waals surface area contributed by atoms with Crippen LogP contribution < -0.4 is 0 Å². The Bertz CT molecular complexity index is 129. The third-order valence-electron chi connectivity index (χ3n) is 3.84. The van der Waals surface area contributed by atoms with E-state index in [0.717, 1.165) is 5.41 Å². The standard InChI is InChI=1S/C11H22/c1-5-7-10(3,4)11(6-2)8-9-11/h5-9H2,1-4H3. The average Bonchev–Trinajstić information content (AvgIpc) is 2.66. The lowest BCUT2D eigenvalue weighted by Gasteiger charge is -2.34. The van der Waals surface area contributed by atoms with Gasteiger partial charge in [-0.2, -0.15) is 0 Å². The molecule has 0 atom stereocenters. The molecule has 0 nitrogen and oxygen atoms in total. The minimum Gasteiger partial charge on any atom is -0.0654 e. The molecule has 0 aromatic rings. The van der Waals surface area contributed by atoms with Gasteiger partial charge in [-0.3, -0.25) is 0 Å². The molecule has 1 rings (SSSR count). The predicted octanol–water partition coefficient (Wildman–Crippen LogP) is 4.00. The van der Waals surface area contributed by atoms with Crippen molar-refractivity contribution in [2.45, 2.75) is 59.8 Å². The number of hydrogen-bond acceptors (Lipinski definition) is 0. The van der Waals surface area contributed by atoms with Crippen molar-refractivity contribution in [2.75, 3.05) is 0 Å². The fourth-order valence-electron chi connectivity index (χ4n) is 2.55. The van der Waals surface area contributed by atoms with Crippen LogP contribution in [0.2, 0.25) is 0 Å². The van der Waals surface area contributed by atoms with Gasteiger partial charge in [0.05, 0.1) is 0 Å². The molecule has 0 aromatic heterocycles. The van der Waals surface area contributed by atoms with Crippen molar-refractivity contribution < 1.29 is 0 Å². The first-order valence-electron chi connectivity index (χ1n) is 5.08. The van der Waals surface area contributed by atoms with Gasteiger partial charge in [-0.05, 0) is 36.5 Å². The summed E-state index contributed by atoms with van der Waals surface area (Å²) in [5.74, 6) is 0. The Labute approximate surface area is 71.4 Å². The summed E-state index contributed by atoms with van der Waals surface area (Å²) in [6.45, 7) is 9.55. The predicted molar refractivity (Wildman–Crippen MR) is 50.6 cm³/mol. The molecule has 0 spiro atoms. The number of hydrogen-bond donors (Lipinski definition) is 0. The summed E-state index contributed by atoms with van der Waals surface area (Å²) >= 11 is 0. The van der Waals surface area contributed by atoms with Crippen LogP contribution in [0.4, 0.5) is 0 Å². The van der Waals surface area contributed by atoms with Gasteiger partial charge in [-0.15, -0.1) is 0 Å². The van der Waals surface area contributed by atoms with Crippen LogP contribution in [0.3, 0.4) is 0 Å². The molecule has 0 saturated heterocycles. The highest BCUT2D eigenvalue weighted by molar-refractivity contribution is 5.01. The highest BCUT2D eigenvalue weighted by Crippen LogP contribution is 2.62. The van der Waals surface area contributed by atoms with E-state index in [1.54, 1.807) is 0 Å². The Morgan fingerprint density at radius 1 is 1.18 bits per heavy atom. The van der Waals surface area contributed by atoms with E-state index in [1.165, 1.54) is 32.1 Å². The van der Waals surface area contributed by atoms with Crippen molar-refractivity contribution in [1.29, 1.82) is 0 Å². The fourth-order valence-corrected chi connectivity index (χ4v) is 2.55. The van der Waals surface area contributed by atoms with Gasteiger partial charge < -0.3 is 0 Å². The Hall–Kier alpha value is 0. The number of rotatable bonds is 4. The lowest BCUT2D eigenvalue weighted by molar-refractivity contribution is 0.162. The summed E-state index contributed by atoms with van der Waals surface area (Å²) in [6.07, 6.45) is 7.10.